The Hall–Kier alpha value is -2.00. The number of aliphatic hydroxyl groups excluding tert-OH is 1. The molecule has 1 aromatic heterocycles. The molecule has 0 bridgehead atoms. The van der Waals surface area contributed by atoms with Crippen molar-refractivity contribution in [2.75, 3.05) is 6.61 Å². The van der Waals surface area contributed by atoms with Crippen LogP contribution in [0.2, 0.25) is 0 Å². The number of benzene rings is 2. The normalized spacial score (nSPS) is 13.0. The lowest BCUT2D eigenvalue weighted by Crippen LogP contribution is -2.07. The quantitative estimate of drug-likeness (QED) is 0.761. The summed E-state index contributed by atoms with van der Waals surface area (Å²) in [4.78, 5) is 3.50. The second kappa shape index (κ2) is 5.41. The van der Waals surface area contributed by atoms with Gasteiger partial charge in [0.1, 0.15) is 5.75 Å². The lowest BCUT2D eigenvalue weighted by molar-refractivity contribution is 0.195. The van der Waals surface area contributed by atoms with Crippen LogP contribution in [0.25, 0.3) is 21.8 Å². The van der Waals surface area contributed by atoms with Crippen LogP contribution in [-0.4, -0.2) is 22.8 Å². The molecule has 3 nitrogen and oxygen atoms in total. The Morgan fingerprint density at radius 1 is 1.24 bits per heavy atom. The van der Waals surface area contributed by atoms with Gasteiger partial charge in [-0.1, -0.05) is 18.2 Å². The molecule has 1 atom stereocenters. The van der Waals surface area contributed by atoms with Crippen LogP contribution in [0.4, 0.5) is 0 Å². The van der Waals surface area contributed by atoms with Crippen LogP contribution in [0, 0.1) is 6.92 Å². The number of rotatable bonds is 4. The molecule has 0 saturated heterocycles. The number of H-pyrrole nitrogens is 1. The zero-order valence-electron chi connectivity index (χ0n) is 12.7. The number of nitrogens with one attached hydrogen (secondary N) is 1. The first-order chi connectivity index (χ1) is 10.1. The molecule has 3 heteroatoms. The van der Waals surface area contributed by atoms with Crippen molar-refractivity contribution in [1.82, 2.24) is 4.98 Å². The number of aliphatic hydroxyl groups is 1. The second-order valence-corrected chi connectivity index (χ2v) is 5.56. The standard InChI is InChI=1S/C18H21NO2/c1-4-21-17-10-15-13-7-5-6-8-16(13)19-18(15)14(12(17)3)9-11(2)20/h5-8,10-11,19-20H,4,9H2,1-3H3/t11-/m0/s1. The van der Waals surface area contributed by atoms with Gasteiger partial charge in [-0.15, -0.1) is 0 Å². The van der Waals surface area contributed by atoms with Crippen molar-refractivity contribution in [3.8, 4) is 5.75 Å². The molecule has 3 aromatic rings. The highest BCUT2D eigenvalue weighted by Crippen LogP contribution is 2.35. The molecule has 2 N–H and O–H groups in total. The van der Waals surface area contributed by atoms with E-state index in [-0.39, 0.29) is 6.10 Å². The van der Waals surface area contributed by atoms with Gasteiger partial charge in [0.2, 0.25) is 0 Å². The summed E-state index contributed by atoms with van der Waals surface area (Å²) in [6, 6.07) is 10.4. The number of para-hydroxylation sites is 1. The summed E-state index contributed by atoms with van der Waals surface area (Å²) < 4.78 is 5.79. The van der Waals surface area contributed by atoms with Crippen molar-refractivity contribution in [3.05, 3.63) is 41.5 Å². The Bertz CT molecular complexity index is 787. The fraction of sp³-hybridized carbons (Fsp3) is 0.333. The zero-order chi connectivity index (χ0) is 15.0. The molecule has 0 saturated carbocycles. The van der Waals surface area contributed by atoms with E-state index in [0.29, 0.717) is 13.0 Å². The monoisotopic (exact) mass is 283 g/mol. The topological polar surface area (TPSA) is 45.2 Å². The van der Waals surface area contributed by atoms with E-state index in [4.69, 9.17) is 4.74 Å². The molecule has 3 rings (SSSR count). The predicted octanol–water partition coefficient (Wildman–Crippen LogP) is 3.95. The van der Waals surface area contributed by atoms with Gasteiger partial charge in [-0.3, -0.25) is 0 Å². The van der Waals surface area contributed by atoms with E-state index in [0.717, 1.165) is 33.3 Å². The van der Waals surface area contributed by atoms with Gasteiger partial charge in [-0.25, -0.2) is 0 Å². The van der Waals surface area contributed by atoms with Gasteiger partial charge in [-0.2, -0.15) is 0 Å². The number of hydrogen-bond donors (Lipinski definition) is 2. The third-order valence-corrected chi connectivity index (χ3v) is 3.95. The molecular formula is C18H21NO2. The molecule has 0 amide bonds. The minimum atomic E-state index is -0.379. The highest BCUT2D eigenvalue weighted by molar-refractivity contribution is 6.09. The van der Waals surface area contributed by atoms with Crippen molar-refractivity contribution in [2.45, 2.75) is 33.3 Å². The van der Waals surface area contributed by atoms with Crippen molar-refractivity contribution in [1.29, 1.82) is 0 Å². The fourth-order valence-electron chi connectivity index (χ4n) is 2.98. The molecule has 0 aliphatic heterocycles. The van der Waals surface area contributed by atoms with Crippen molar-refractivity contribution < 1.29 is 9.84 Å². The van der Waals surface area contributed by atoms with Gasteiger partial charge in [0, 0.05) is 22.7 Å². The first-order valence-electron chi connectivity index (χ1n) is 7.45. The van der Waals surface area contributed by atoms with E-state index in [9.17, 15) is 5.11 Å². The van der Waals surface area contributed by atoms with E-state index < -0.39 is 0 Å². The zero-order valence-corrected chi connectivity index (χ0v) is 12.7. The number of aromatic nitrogens is 1. The predicted molar refractivity (Wildman–Crippen MR) is 87.1 cm³/mol. The van der Waals surface area contributed by atoms with Gasteiger partial charge in [0.25, 0.3) is 0 Å². The third-order valence-electron chi connectivity index (χ3n) is 3.95. The molecule has 2 aromatic carbocycles. The summed E-state index contributed by atoms with van der Waals surface area (Å²) in [7, 11) is 0. The molecule has 110 valence electrons. The Morgan fingerprint density at radius 2 is 2.00 bits per heavy atom. The number of aromatic amines is 1. The maximum atomic E-state index is 9.83. The van der Waals surface area contributed by atoms with Crippen LogP contribution in [0.5, 0.6) is 5.75 Å². The summed E-state index contributed by atoms with van der Waals surface area (Å²) in [5.41, 5.74) is 4.48. The minimum Gasteiger partial charge on any atom is -0.494 e. The molecule has 0 unspecified atom stereocenters. The second-order valence-electron chi connectivity index (χ2n) is 5.56. The van der Waals surface area contributed by atoms with E-state index in [1.807, 2.05) is 26.0 Å². The van der Waals surface area contributed by atoms with Gasteiger partial charge < -0.3 is 14.8 Å². The first kappa shape index (κ1) is 14.0. The molecule has 0 spiro atoms. The molecule has 1 heterocycles. The highest BCUT2D eigenvalue weighted by atomic mass is 16.5. The van der Waals surface area contributed by atoms with E-state index in [1.54, 1.807) is 0 Å². The van der Waals surface area contributed by atoms with Crippen LogP contribution in [0.3, 0.4) is 0 Å². The average Bonchev–Trinajstić information content (AvgIpc) is 2.82. The fourth-order valence-corrected chi connectivity index (χ4v) is 2.98. The van der Waals surface area contributed by atoms with E-state index in [2.05, 4.69) is 30.1 Å². The van der Waals surface area contributed by atoms with Gasteiger partial charge in [0.05, 0.1) is 18.2 Å². The van der Waals surface area contributed by atoms with Crippen LogP contribution in [0.15, 0.2) is 30.3 Å². The van der Waals surface area contributed by atoms with Gasteiger partial charge in [-0.05, 0) is 44.0 Å². The Kier molecular flexibility index (Phi) is 3.60. The lowest BCUT2D eigenvalue weighted by Gasteiger charge is -2.14. The smallest absolute Gasteiger partial charge is 0.123 e. The lowest BCUT2D eigenvalue weighted by atomic mass is 9.98. The highest BCUT2D eigenvalue weighted by Gasteiger charge is 2.16. The van der Waals surface area contributed by atoms with Crippen molar-refractivity contribution in [2.24, 2.45) is 0 Å². The summed E-state index contributed by atoms with van der Waals surface area (Å²) in [5, 5.41) is 12.2. The van der Waals surface area contributed by atoms with E-state index in [1.165, 1.54) is 5.39 Å². The number of ether oxygens (including phenoxy) is 1. The summed E-state index contributed by atoms with van der Waals surface area (Å²) in [6.45, 7) is 6.52. The van der Waals surface area contributed by atoms with Crippen LogP contribution < -0.4 is 4.74 Å². The maximum absolute atomic E-state index is 9.83. The Labute approximate surface area is 124 Å². The molecule has 0 radical (unpaired) electrons. The third kappa shape index (κ3) is 2.38. The largest absolute Gasteiger partial charge is 0.494 e. The maximum Gasteiger partial charge on any atom is 0.123 e. The van der Waals surface area contributed by atoms with Gasteiger partial charge in [0.15, 0.2) is 0 Å². The van der Waals surface area contributed by atoms with Crippen LogP contribution >= 0.6 is 0 Å². The van der Waals surface area contributed by atoms with Gasteiger partial charge >= 0.3 is 0 Å². The SMILES string of the molecule is CCOc1cc2c([nH]c3ccccc32)c(C[C@H](C)O)c1C. The van der Waals surface area contributed by atoms with Crippen molar-refractivity contribution >= 4 is 21.8 Å². The molecule has 0 aliphatic carbocycles. The summed E-state index contributed by atoms with van der Waals surface area (Å²) >= 11 is 0. The molecule has 0 aliphatic rings. The molecule has 0 fully saturated rings. The Balaban J connectivity index is 2.36. The van der Waals surface area contributed by atoms with Crippen molar-refractivity contribution in [3.63, 3.8) is 0 Å². The van der Waals surface area contributed by atoms with Crippen LogP contribution in [0.1, 0.15) is 25.0 Å². The minimum absolute atomic E-state index is 0.379. The summed E-state index contributed by atoms with van der Waals surface area (Å²) in [5.74, 6) is 0.908. The number of hydrogen-bond acceptors (Lipinski definition) is 2. The number of fused-ring (bicyclic) bond motifs is 3. The molecule has 21 heavy (non-hydrogen) atoms. The summed E-state index contributed by atoms with van der Waals surface area (Å²) in [6.07, 6.45) is 0.242. The van der Waals surface area contributed by atoms with Crippen LogP contribution in [-0.2, 0) is 6.42 Å². The van der Waals surface area contributed by atoms with E-state index >= 15 is 0 Å². The Morgan fingerprint density at radius 3 is 2.71 bits per heavy atom. The first-order valence-corrected chi connectivity index (χ1v) is 7.45. The average molecular weight is 283 g/mol. The molecular weight excluding hydrogens is 262 g/mol.